The van der Waals surface area contributed by atoms with E-state index in [-0.39, 0.29) is 37.5 Å². The van der Waals surface area contributed by atoms with Crippen LogP contribution in [0.5, 0.6) is 11.9 Å². The summed E-state index contributed by atoms with van der Waals surface area (Å²) in [4.78, 5) is 17.3. The van der Waals surface area contributed by atoms with Gasteiger partial charge in [0.1, 0.15) is 19.5 Å². The maximum absolute atomic E-state index is 12.7. The van der Waals surface area contributed by atoms with Crippen LogP contribution >= 0.6 is 43.2 Å². The second kappa shape index (κ2) is 16.2. The van der Waals surface area contributed by atoms with Crippen molar-refractivity contribution in [2.75, 3.05) is 17.9 Å². The molecule has 14 heteroatoms. The molecule has 0 aliphatic heterocycles. The van der Waals surface area contributed by atoms with Crippen molar-refractivity contribution in [1.82, 2.24) is 24.7 Å². The number of nitrogens with zero attached hydrogens (tertiary/aromatic N) is 4. The molecule has 3 aromatic heterocycles. The lowest BCUT2D eigenvalue weighted by molar-refractivity contribution is 0.202. The zero-order chi connectivity index (χ0) is 28.8. The first-order valence-electron chi connectivity index (χ1n) is 11.7. The summed E-state index contributed by atoms with van der Waals surface area (Å²) in [5.41, 5.74) is 1.05. The Labute approximate surface area is 254 Å². The summed E-state index contributed by atoms with van der Waals surface area (Å²) in [5.74, 6) is 0.270. The molecule has 2 N–H and O–H groups in total. The third-order valence-electron chi connectivity index (χ3n) is 4.67. The highest BCUT2D eigenvalue weighted by molar-refractivity contribution is 9.10. The van der Waals surface area contributed by atoms with Crippen molar-refractivity contribution in [2.45, 2.75) is 13.5 Å². The molecule has 1 aromatic carbocycles. The van der Waals surface area contributed by atoms with Gasteiger partial charge in [-0.05, 0) is 52.0 Å². The summed E-state index contributed by atoms with van der Waals surface area (Å²) in [6.07, 6.45) is 9.95. The lowest BCUT2D eigenvalue weighted by Crippen LogP contribution is -2.30. The Bertz CT molecular complexity index is 1480. The molecule has 0 saturated heterocycles. The minimum atomic E-state index is -3.92. The molecule has 0 aliphatic carbocycles. The van der Waals surface area contributed by atoms with Crippen molar-refractivity contribution in [1.29, 1.82) is 0 Å². The smallest absolute Gasteiger partial charge is 0.316 e. The van der Waals surface area contributed by atoms with Gasteiger partial charge in [-0.25, -0.2) is 19.9 Å². The molecule has 4 aromatic rings. The first kappa shape index (κ1) is 31.4. The molecule has 0 bridgehead atoms. The van der Waals surface area contributed by atoms with Crippen molar-refractivity contribution in [3.05, 3.63) is 99.1 Å². The van der Waals surface area contributed by atoms with Gasteiger partial charge < -0.3 is 9.47 Å². The van der Waals surface area contributed by atoms with Gasteiger partial charge in [-0.15, -0.1) is 11.3 Å². The molecule has 3 heterocycles. The van der Waals surface area contributed by atoms with Crippen molar-refractivity contribution in [2.24, 2.45) is 0 Å². The van der Waals surface area contributed by atoms with Gasteiger partial charge in [0.15, 0.2) is 5.82 Å². The average Bonchev–Trinajstić information content (AvgIpc) is 3.47. The Kier molecular flexibility index (Phi) is 12.7. The number of aromatic nitrogens is 4. The van der Waals surface area contributed by atoms with Gasteiger partial charge in [-0.3, -0.25) is 4.72 Å². The quantitative estimate of drug-likeness (QED) is 0.132. The number of thiophene rings is 1. The summed E-state index contributed by atoms with van der Waals surface area (Å²) in [5, 5.41) is 1.88. The van der Waals surface area contributed by atoms with E-state index in [2.05, 4.69) is 67.8 Å². The van der Waals surface area contributed by atoms with Crippen LogP contribution in [0.3, 0.4) is 0 Å². The van der Waals surface area contributed by atoms with E-state index in [4.69, 9.17) is 9.47 Å². The van der Waals surface area contributed by atoms with E-state index in [1.807, 2.05) is 48.7 Å². The molecule has 0 atom stereocenters. The molecule has 0 aliphatic rings. The molecule has 10 nitrogen and oxygen atoms in total. The van der Waals surface area contributed by atoms with Gasteiger partial charge in [0.05, 0.1) is 10.0 Å². The number of rotatable bonds is 12. The Balaban J connectivity index is 0.000000810. The zero-order valence-electron chi connectivity index (χ0n) is 21.3. The molecule has 40 heavy (non-hydrogen) atoms. The SMILES string of the molecule is C=C/C=C\C.O=S(=O)(NCc1cccs1)Nc1ncnc(OCCOc2ncc(Br)cn2)c1-c1ccc(Br)cc1. The monoisotopic (exact) mass is 708 g/mol. The lowest BCUT2D eigenvalue weighted by Gasteiger charge is -2.16. The molecular formula is C26H26Br2N6O4S2. The molecule has 0 spiro atoms. The van der Waals surface area contributed by atoms with Crippen LogP contribution in [-0.2, 0) is 16.8 Å². The maximum atomic E-state index is 12.7. The predicted molar refractivity (Wildman–Crippen MR) is 165 cm³/mol. The van der Waals surface area contributed by atoms with E-state index in [1.54, 1.807) is 30.6 Å². The number of allylic oxidation sites excluding steroid dienone is 3. The second-order valence-corrected chi connectivity index (χ2v) is 11.9. The Morgan fingerprint density at radius 3 is 2.35 bits per heavy atom. The molecule has 4 rings (SSSR count). The fourth-order valence-corrected chi connectivity index (χ4v) is 4.99. The number of anilines is 1. The van der Waals surface area contributed by atoms with Gasteiger partial charge in [-0.2, -0.15) is 13.1 Å². The van der Waals surface area contributed by atoms with E-state index in [0.717, 1.165) is 13.8 Å². The topological polar surface area (TPSA) is 128 Å². The zero-order valence-corrected chi connectivity index (χ0v) is 26.1. The number of hydrogen-bond donors (Lipinski definition) is 2. The third-order valence-corrected chi connectivity index (χ3v) is 7.47. The van der Waals surface area contributed by atoms with Crippen LogP contribution in [0.4, 0.5) is 5.82 Å². The summed E-state index contributed by atoms with van der Waals surface area (Å²) in [7, 11) is -3.92. The van der Waals surface area contributed by atoms with E-state index in [1.165, 1.54) is 17.7 Å². The Morgan fingerprint density at radius 2 is 1.73 bits per heavy atom. The van der Waals surface area contributed by atoms with Crippen LogP contribution in [0.15, 0.2) is 94.3 Å². The number of hydrogen-bond acceptors (Lipinski definition) is 9. The predicted octanol–water partition coefficient (Wildman–Crippen LogP) is 6.17. The summed E-state index contributed by atoms with van der Waals surface area (Å²) < 4.78 is 43.4. The molecule has 0 saturated carbocycles. The number of halogens is 2. The lowest BCUT2D eigenvalue weighted by atomic mass is 10.1. The molecule has 0 fully saturated rings. The molecule has 210 valence electrons. The van der Waals surface area contributed by atoms with Crippen LogP contribution < -0.4 is 18.9 Å². The van der Waals surface area contributed by atoms with Crippen molar-refractivity contribution >= 4 is 59.2 Å². The molecule has 0 amide bonds. The fourth-order valence-electron chi connectivity index (χ4n) is 2.96. The summed E-state index contributed by atoms with van der Waals surface area (Å²) >= 11 is 8.13. The number of benzene rings is 1. The largest absolute Gasteiger partial charge is 0.473 e. The minimum absolute atomic E-state index is 0.0770. The van der Waals surface area contributed by atoms with Gasteiger partial charge in [0.25, 0.3) is 0 Å². The molecular weight excluding hydrogens is 684 g/mol. The van der Waals surface area contributed by atoms with Gasteiger partial charge in [-0.1, -0.05) is 58.9 Å². The normalized spacial score (nSPS) is 11.0. The number of ether oxygens (including phenoxy) is 2. The molecule has 0 unspecified atom stereocenters. The number of nitrogens with one attached hydrogen (secondary N) is 2. The van der Waals surface area contributed by atoms with Crippen LogP contribution in [0.1, 0.15) is 11.8 Å². The highest BCUT2D eigenvalue weighted by atomic mass is 79.9. The summed E-state index contributed by atoms with van der Waals surface area (Å²) in [6.45, 7) is 5.84. The summed E-state index contributed by atoms with van der Waals surface area (Å²) in [6, 6.07) is 11.2. The standard InChI is InChI=1S/C21H18Br2N6O4S2.C5H8/c22-15-5-3-14(4-6-15)18-19(29-35(30,31)28-12-17-2-1-9-34-17)26-13-27-20(18)32-7-8-33-21-24-10-16(23)11-25-21;1-3-5-4-2/h1-6,9-11,13,28H,7-8,12H2,(H,26,27,29);3-5H,1H2,2H3/b;5-4-. The molecule has 0 radical (unpaired) electrons. The van der Waals surface area contributed by atoms with E-state index >= 15 is 0 Å². The fraction of sp³-hybridized carbons (Fsp3) is 0.154. The van der Waals surface area contributed by atoms with Crippen molar-refractivity contribution in [3.63, 3.8) is 0 Å². The van der Waals surface area contributed by atoms with Crippen LogP contribution in [0, 0.1) is 0 Å². The van der Waals surface area contributed by atoms with Crippen molar-refractivity contribution in [3.8, 4) is 23.0 Å². The van der Waals surface area contributed by atoms with E-state index in [0.29, 0.717) is 11.1 Å². The average molecular weight is 710 g/mol. The highest BCUT2D eigenvalue weighted by Crippen LogP contribution is 2.35. The van der Waals surface area contributed by atoms with Crippen molar-refractivity contribution < 1.29 is 17.9 Å². The minimum Gasteiger partial charge on any atom is -0.473 e. The van der Waals surface area contributed by atoms with Gasteiger partial charge >= 0.3 is 16.2 Å². The van der Waals surface area contributed by atoms with Crippen LogP contribution in [0.2, 0.25) is 0 Å². The van der Waals surface area contributed by atoms with Crippen LogP contribution in [-0.4, -0.2) is 41.6 Å². The van der Waals surface area contributed by atoms with Crippen LogP contribution in [0.25, 0.3) is 11.1 Å². The van der Waals surface area contributed by atoms with Gasteiger partial charge in [0.2, 0.25) is 5.88 Å². The highest BCUT2D eigenvalue weighted by Gasteiger charge is 2.20. The first-order chi connectivity index (χ1) is 19.3. The first-order valence-corrected chi connectivity index (χ1v) is 15.6. The third kappa shape index (κ3) is 10.4. The van der Waals surface area contributed by atoms with Gasteiger partial charge in [0, 0.05) is 28.3 Å². The second-order valence-electron chi connectivity index (χ2n) is 7.56. The Hall–Kier alpha value is -3.17. The van der Waals surface area contributed by atoms with E-state index in [9.17, 15) is 8.42 Å². The Morgan fingerprint density at radius 1 is 1.00 bits per heavy atom. The van der Waals surface area contributed by atoms with E-state index < -0.39 is 10.2 Å². The maximum Gasteiger partial charge on any atom is 0.316 e.